The Hall–Kier alpha value is -2.33. The second kappa shape index (κ2) is 5.39. The third kappa shape index (κ3) is 2.13. The lowest BCUT2D eigenvalue weighted by Crippen LogP contribution is -2.33. The van der Waals surface area contributed by atoms with Crippen molar-refractivity contribution in [1.29, 1.82) is 0 Å². The maximum atomic E-state index is 10.2. The number of aliphatic hydroxyl groups excluding tert-OH is 3. The van der Waals surface area contributed by atoms with Crippen LogP contribution < -0.4 is 0 Å². The Labute approximate surface area is 129 Å². The molecule has 9 heteroatoms. The molecule has 120 valence electrons. The fraction of sp³-hybridized carbons (Fsp3) is 0.357. The number of aromatic nitrogens is 4. The van der Waals surface area contributed by atoms with Gasteiger partial charge in [0.05, 0.1) is 25.5 Å². The number of hydrogen-bond donors (Lipinski definition) is 3. The molecule has 0 spiro atoms. The standard InChI is InChI=1S/C14H14N4O5/c19-3-8-11(20)12(21)14(23-8)18-6-17-10-9(7-1-2-22-4-7)15-5-16-13(10)18/h1-2,4-6,8,11-12,14,19-21H,3H2/t8-,11-,12-,14-/m1/s1. The molecule has 0 aromatic carbocycles. The molecule has 3 N–H and O–H groups in total. The first kappa shape index (κ1) is 14.3. The molecule has 0 aliphatic carbocycles. The van der Waals surface area contributed by atoms with Gasteiger partial charge in [0.25, 0.3) is 0 Å². The average Bonchev–Trinajstić information content (AvgIpc) is 3.28. The van der Waals surface area contributed by atoms with Crippen LogP contribution in [0.4, 0.5) is 0 Å². The van der Waals surface area contributed by atoms with Gasteiger partial charge in [-0.1, -0.05) is 0 Å². The van der Waals surface area contributed by atoms with Crippen LogP contribution in [0.25, 0.3) is 22.4 Å². The van der Waals surface area contributed by atoms with Gasteiger partial charge in [-0.15, -0.1) is 0 Å². The van der Waals surface area contributed by atoms with Crippen LogP contribution in [0.15, 0.2) is 35.7 Å². The van der Waals surface area contributed by atoms with Gasteiger partial charge in [-0.3, -0.25) is 4.57 Å². The first-order chi connectivity index (χ1) is 11.2. The van der Waals surface area contributed by atoms with Crippen LogP contribution in [0.3, 0.4) is 0 Å². The van der Waals surface area contributed by atoms with E-state index in [0.717, 1.165) is 5.56 Å². The second-order valence-corrected chi connectivity index (χ2v) is 5.29. The summed E-state index contributed by atoms with van der Waals surface area (Å²) in [5, 5.41) is 29.2. The molecule has 9 nitrogen and oxygen atoms in total. The minimum absolute atomic E-state index is 0.392. The Kier molecular flexibility index (Phi) is 3.34. The Balaban J connectivity index is 1.80. The number of furan rings is 1. The minimum Gasteiger partial charge on any atom is -0.472 e. The number of imidazole rings is 1. The monoisotopic (exact) mass is 318 g/mol. The Morgan fingerprint density at radius 2 is 2.04 bits per heavy atom. The summed E-state index contributed by atoms with van der Waals surface area (Å²) in [6.45, 7) is -0.392. The molecular weight excluding hydrogens is 304 g/mol. The molecule has 0 amide bonds. The highest BCUT2D eigenvalue weighted by atomic mass is 16.6. The van der Waals surface area contributed by atoms with E-state index in [4.69, 9.17) is 9.15 Å². The molecule has 0 bridgehead atoms. The van der Waals surface area contributed by atoms with E-state index in [1.165, 1.54) is 23.5 Å². The topological polar surface area (TPSA) is 127 Å². The van der Waals surface area contributed by atoms with E-state index in [0.29, 0.717) is 16.9 Å². The van der Waals surface area contributed by atoms with E-state index < -0.39 is 31.1 Å². The van der Waals surface area contributed by atoms with Crippen LogP contribution in [0.1, 0.15) is 6.23 Å². The van der Waals surface area contributed by atoms with Gasteiger partial charge in [0.15, 0.2) is 11.9 Å². The van der Waals surface area contributed by atoms with E-state index >= 15 is 0 Å². The Morgan fingerprint density at radius 1 is 1.17 bits per heavy atom. The van der Waals surface area contributed by atoms with Crippen LogP contribution in [-0.4, -0.2) is 59.8 Å². The van der Waals surface area contributed by atoms with E-state index in [2.05, 4.69) is 15.0 Å². The zero-order chi connectivity index (χ0) is 16.0. The Bertz CT molecular complexity index is 818. The van der Waals surface area contributed by atoms with Crippen LogP contribution >= 0.6 is 0 Å². The second-order valence-electron chi connectivity index (χ2n) is 5.29. The molecule has 3 aromatic rings. The van der Waals surface area contributed by atoms with Gasteiger partial charge in [0.2, 0.25) is 0 Å². The number of rotatable bonds is 3. The molecule has 4 rings (SSSR count). The third-order valence-corrected chi connectivity index (χ3v) is 3.94. The first-order valence-electron chi connectivity index (χ1n) is 7.03. The smallest absolute Gasteiger partial charge is 0.166 e. The van der Waals surface area contributed by atoms with Gasteiger partial charge >= 0.3 is 0 Å². The van der Waals surface area contributed by atoms with Crippen molar-refractivity contribution in [2.75, 3.05) is 6.61 Å². The number of aliphatic hydroxyl groups is 3. The first-order valence-corrected chi connectivity index (χ1v) is 7.03. The highest BCUT2D eigenvalue weighted by molar-refractivity contribution is 5.86. The van der Waals surface area contributed by atoms with Crippen molar-refractivity contribution < 1.29 is 24.5 Å². The SMILES string of the molecule is OC[C@H]1O[C@@H](n2cnc3c(-c4ccoc4)ncnc32)[C@H](O)[C@@H]1O. The van der Waals surface area contributed by atoms with Crippen LogP contribution in [0.5, 0.6) is 0 Å². The number of nitrogens with zero attached hydrogens (tertiary/aromatic N) is 4. The summed E-state index contributed by atoms with van der Waals surface area (Å²) in [6.07, 6.45) is 1.80. The minimum atomic E-state index is -1.20. The molecule has 23 heavy (non-hydrogen) atoms. The summed E-state index contributed by atoms with van der Waals surface area (Å²) in [7, 11) is 0. The summed E-state index contributed by atoms with van der Waals surface area (Å²) in [4.78, 5) is 12.7. The largest absolute Gasteiger partial charge is 0.472 e. The van der Waals surface area contributed by atoms with Gasteiger partial charge < -0.3 is 24.5 Å². The van der Waals surface area contributed by atoms with Gasteiger partial charge in [-0.25, -0.2) is 15.0 Å². The average molecular weight is 318 g/mol. The molecule has 1 aliphatic heterocycles. The summed E-state index contributed by atoms with van der Waals surface area (Å²) < 4.78 is 12.1. The third-order valence-electron chi connectivity index (χ3n) is 3.94. The van der Waals surface area contributed by atoms with Gasteiger partial charge in [-0.05, 0) is 6.07 Å². The fourth-order valence-corrected chi connectivity index (χ4v) is 2.76. The molecule has 0 saturated carbocycles. The van der Waals surface area contributed by atoms with Crippen molar-refractivity contribution >= 4 is 11.2 Å². The lowest BCUT2D eigenvalue weighted by molar-refractivity contribution is -0.0511. The number of ether oxygens (including phenoxy) is 1. The summed E-state index contributed by atoms with van der Waals surface area (Å²) in [5.41, 5.74) is 2.32. The fourth-order valence-electron chi connectivity index (χ4n) is 2.76. The van der Waals surface area contributed by atoms with Crippen molar-refractivity contribution in [3.05, 3.63) is 31.2 Å². The van der Waals surface area contributed by atoms with Gasteiger partial charge in [0.1, 0.15) is 35.8 Å². The molecule has 1 saturated heterocycles. The lowest BCUT2D eigenvalue weighted by atomic mass is 10.1. The molecule has 4 atom stereocenters. The van der Waals surface area contributed by atoms with E-state index in [9.17, 15) is 15.3 Å². The predicted octanol–water partition coefficient (Wildman–Crippen LogP) is -0.302. The van der Waals surface area contributed by atoms with Crippen molar-refractivity contribution in [2.45, 2.75) is 24.5 Å². The molecule has 1 aliphatic rings. The van der Waals surface area contributed by atoms with Gasteiger partial charge in [0, 0.05) is 5.56 Å². The normalized spacial score (nSPS) is 27.8. The summed E-state index contributed by atoms with van der Waals surface area (Å²) in [6, 6.07) is 1.76. The molecule has 1 fully saturated rings. The quantitative estimate of drug-likeness (QED) is 0.600. The maximum absolute atomic E-state index is 10.2. The van der Waals surface area contributed by atoms with Crippen molar-refractivity contribution in [2.24, 2.45) is 0 Å². The molecule has 0 unspecified atom stereocenters. The van der Waals surface area contributed by atoms with Crippen molar-refractivity contribution in [3.63, 3.8) is 0 Å². The number of fused-ring (bicyclic) bond motifs is 1. The lowest BCUT2D eigenvalue weighted by Gasteiger charge is -2.16. The highest BCUT2D eigenvalue weighted by Gasteiger charge is 2.44. The zero-order valence-electron chi connectivity index (χ0n) is 11.9. The zero-order valence-corrected chi connectivity index (χ0v) is 11.9. The summed E-state index contributed by atoms with van der Waals surface area (Å²) >= 11 is 0. The molecule has 4 heterocycles. The van der Waals surface area contributed by atoms with E-state index in [1.807, 2.05) is 0 Å². The highest BCUT2D eigenvalue weighted by Crippen LogP contribution is 2.32. The maximum Gasteiger partial charge on any atom is 0.166 e. The predicted molar refractivity (Wildman–Crippen MR) is 76.0 cm³/mol. The van der Waals surface area contributed by atoms with Gasteiger partial charge in [-0.2, -0.15) is 0 Å². The summed E-state index contributed by atoms with van der Waals surface area (Å²) in [5.74, 6) is 0. The van der Waals surface area contributed by atoms with Crippen LogP contribution in [0.2, 0.25) is 0 Å². The number of hydrogen-bond acceptors (Lipinski definition) is 8. The van der Waals surface area contributed by atoms with Crippen LogP contribution in [-0.2, 0) is 4.74 Å². The van der Waals surface area contributed by atoms with E-state index in [1.54, 1.807) is 12.3 Å². The van der Waals surface area contributed by atoms with Crippen molar-refractivity contribution in [3.8, 4) is 11.3 Å². The molecule has 0 radical (unpaired) electrons. The molecule has 3 aromatic heterocycles. The van der Waals surface area contributed by atoms with E-state index in [-0.39, 0.29) is 0 Å². The van der Waals surface area contributed by atoms with Crippen molar-refractivity contribution in [1.82, 2.24) is 19.5 Å². The van der Waals surface area contributed by atoms with Crippen LogP contribution in [0, 0.1) is 0 Å². The molecular formula is C14H14N4O5. The Morgan fingerprint density at radius 3 is 2.74 bits per heavy atom.